The molecule has 18 aromatic rings. The van der Waals surface area contributed by atoms with E-state index in [0.29, 0.717) is 0 Å². The molecule has 0 fully saturated rings. The molecule has 0 aliphatic heterocycles. The first kappa shape index (κ1) is 51.1. The van der Waals surface area contributed by atoms with Crippen molar-refractivity contribution in [2.75, 3.05) is 9.80 Å². The van der Waals surface area contributed by atoms with E-state index in [-0.39, 0.29) is 0 Å². The molecule has 0 saturated heterocycles. The maximum atomic E-state index is 7.54. The molecule has 0 radical (unpaired) electrons. The Balaban J connectivity index is 0.821. The van der Waals surface area contributed by atoms with Crippen LogP contribution in [-0.2, 0) is 0 Å². The van der Waals surface area contributed by atoms with Crippen molar-refractivity contribution in [2.24, 2.45) is 0 Å². The van der Waals surface area contributed by atoms with Crippen LogP contribution in [-0.4, -0.2) is 9.13 Å². The van der Waals surface area contributed by atoms with Crippen molar-refractivity contribution in [3.05, 3.63) is 328 Å². The molecule has 6 heteroatoms. The van der Waals surface area contributed by atoms with Gasteiger partial charge in [0.25, 0.3) is 0 Å². The lowest BCUT2D eigenvalue weighted by Gasteiger charge is -2.26. The Morgan fingerprint density at radius 1 is 0.222 bits per heavy atom. The lowest BCUT2D eigenvalue weighted by Crippen LogP contribution is -2.10. The van der Waals surface area contributed by atoms with Gasteiger partial charge in [0.15, 0.2) is 0 Å². The van der Waals surface area contributed by atoms with E-state index in [1.165, 1.54) is 11.1 Å². The van der Waals surface area contributed by atoms with Crippen molar-refractivity contribution < 1.29 is 8.83 Å². The summed E-state index contributed by atoms with van der Waals surface area (Å²) in [4.78, 5) is 4.71. The Kier molecular flexibility index (Phi) is 11.8. The second-order valence-corrected chi connectivity index (χ2v) is 23.2. The highest BCUT2D eigenvalue weighted by molar-refractivity contribution is 6.29. The van der Waals surface area contributed by atoms with Gasteiger partial charge >= 0.3 is 0 Å². The topological polar surface area (TPSA) is 42.6 Å². The van der Waals surface area contributed by atoms with Gasteiger partial charge in [0.05, 0.1) is 32.8 Å². The number of furan rings is 2. The molecule has 0 unspecified atom stereocenters. The van der Waals surface area contributed by atoms with Crippen LogP contribution in [0.2, 0.25) is 0 Å². The summed E-state index contributed by atoms with van der Waals surface area (Å²) in [5.41, 5.74) is 23.1. The maximum Gasteiger partial charge on any atom is 0.145 e. The van der Waals surface area contributed by atoms with E-state index in [1.807, 2.05) is 12.1 Å². The van der Waals surface area contributed by atoms with Gasteiger partial charge in [-0.05, 0) is 167 Å². The second-order valence-electron chi connectivity index (χ2n) is 23.2. The fourth-order valence-electron chi connectivity index (χ4n) is 14.0. The second kappa shape index (κ2) is 20.8. The summed E-state index contributed by atoms with van der Waals surface area (Å²) in [5.74, 6) is 0. The van der Waals surface area contributed by atoms with Gasteiger partial charge < -0.3 is 27.8 Å². The van der Waals surface area contributed by atoms with Gasteiger partial charge in [0.1, 0.15) is 22.3 Å². The molecule has 0 aliphatic rings. The van der Waals surface area contributed by atoms with Gasteiger partial charge in [0, 0.05) is 83.4 Å². The van der Waals surface area contributed by atoms with Crippen LogP contribution in [0.5, 0.6) is 0 Å². The minimum atomic E-state index is 0.852. The van der Waals surface area contributed by atoms with Crippen molar-refractivity contribution in [2.45, 2.75) is 0 Å². The molecule has 0 bridgehead atoms. The molecule has 422 valence electrons. The van der Waals surface area contributed by atoms with E-state index >= 15 is 0 Å². The average molecular weight is 1150 g/mol. The summed E-state index contributed by atoms with van der Waals surface area (Å²) < 4.78 is 18.8. The Hall–Kier alpha value is -12.1. The molecular formula is C84H54N4O2. The highest BCUT2D eigenvalue weighted by Crippen LogP contribution is 2.48. The highest BCUT2D eigenvalue weighted by atomic mass is 16.3. The molecule has 0 saturated carbocycles. The van der Waals surface area contributed by atoms with Crippen molar-refractivity contribution in [3.63, 3.8) is 0 Å². The molecule has 0 aliphatic carbocycles. The number of hydrogen-bond acceptors (Lipinski definition) is 4. The highest BCUT2D eigenvalue weighted by Gasteiger charge is 2.25. The van der Waals surface area contributed by atoms with Gasteiger partial charge in [-0.15, -0.1) is 0 Å². The zero-order chi connectivity index (χ0) is 59.2. The van der Waals surface area contributed by atoms with E-state index in [9.17, 15) is 0 Å². The molecular weight excluding hydrogens is 1100 g/mol. The number of benzene rings is 14. The van der Waals surface area contributed by atoms with E-state index in [1.54, 1.807) is 0 Å². The first-order chi connectivity index (χ1) is 44.6. The summed E-state index contributed by atoms with van der Waals surface area (Å²) in [6.45, 7) is 0. The zero-order valence-electron chi connectivity index (χ0n) is 48.8. The molecule has 0 atom stereocenters. The number of hydrogen-bond donors (Lipinski definition) is 0. The zero-order valence-corrected chi connectivity index (χ0v) is 48.8. The lowest BCUT2D eigenvalue weighted by molar-refractivity contribution is 0.670. The van der Waals surface area contributed by atoms with Crippen LogP contribution < -0.4 is 9.80 Å². The summed E-state index contributed by atoms with van der Waals surface area (Å²) in [7, 11) is 0. The molecule has 14 aromatic carbocycles. The van der Waals surface area contributed by atoms with Crippen LogP contribution in [0.15, 0.2) is 336 Å². The van der Waals surface area contributed by atoms with Crippen LogP contribution >= 0.6 is 0 Å². The van der Waals surface area contributed by atoms with Crippen LogP contribution in [0.1, 0.15) is 0 Å². The first-order valence-electron chi connectivity index (χ1n) is 30.6. The summed E-state index contributed by atoms with van der Waals surface area (Å²) in [6, 6.07) is 118. The first-order valence-corrected chi connectivity index (χ1v) is 30.6. The molecule has 0 N–H and O–H groups in total. The monoisotopic (exact) mass is 1150 g/mol. The standard InChI is InChI=1S/C84H54N4O2/c1-5-18-55(19-6-1)57-32-38-63(39-33-57)86(64-40-34-58(35-41-64)56-20-7-2-8-21-56)67-48-51-76-74(54-67)81-78(53-50-72-71-49-52-77-80(83(71)90-84(72)81)73-27-13-15-30-75(73)87(77)61-24-11-4-12-25-61)88(76)66-46-44-65(45-47-66)85(60-22-9-3-10-23-60)62-42-36-59(37-43-62)68-28-17-29-70-69-26-14-16-31-79(69)89-82(68)70/h1-54H. The fourth-order valence-corrected chi connectivity index (χ4v) is 14.0. The Labute approximate surface area is 518 Å². The number of anilines is 6. The third-order valence-corrected chi connectivity index (χ3v) is 18.1. The number of para-hydroxylation sites is 5. The predicted octanol–water partition coefficient (Wildman–Crippen LogP) is 23.6. The van der Waals surface area contributed by atoms with Crippen molar-refractivity contribution >= 4 is 122 Å². The van der Waals surface area contributed by atoms with Gasteiger partial charge in [-0.2, -0.15) is 0 Å². The Morgan fingerprint density at radius 3 is 1.22 bits per heavy atom. The SMILES string of the molecule is c1ccc(-c2ccc(N(c3ccc(-c4ccccc4)cc3)c3ccc4c(c3)c3c5oc6c(ccc7c6c6ccccc6n7-c6ccccc6)c5ccc3n4-c3ccc(N(c4ccccc4)c4ccc(-c5cccc6c5oc5ccccc56)cc4)cc3)cc2)cc1. The van der Waals surface area contributed by atoms with E-state index < -0.39 is 0 Å². The third-order valence-electron chi connectivity index (χ3n) is 18.1. The smallest absolute Gasteiger partial charge is 0.145 e. The molecule has 90 heavy (non-hydrogen) atoms. The van der Waals surface area contributed by atoms with Crippen LogP contribution in [0.3, 0.4) is 0 Å². The van der Waals surface area contributed by atoms with Gasteiger partial charge in [-0.1, -0.05) is 188 Å². The van der Waals surface area contributed by atoms with Crippen molar-refractivity contribution in [3.8, 4) is 44.8 Å². The summed E-state index contributed by atoms with van der Waals surface area (Å²) >= 11 is 0. The maximum absolute atomic E-state index is 7.54. The minimum absolute atomic E-state index is 0.852. The number of nitrogens with zero attached hydrogens (tertiary/aromatic N) is 4. The third kappa shape index (κ3) is 8.27. The fraction of sp³-hybridized carbons (Fsp3) is 0. The van der Waals surface area contributed by atoms with Gasteiger partial charge in [-0.3, -0.25) is 0 Å². The quantitative estimate of drug-likeness (QED) is 0.129. The molecule has 18 rings (SSSR count). The molecule has 4 heterocycles. The van der Waals surface area contributed by atoms with E-state index in [2.05, 4.69) is 334 Å². The lowest BCUT2D eigenvalue weighted by atomic mass is 10.0. The van der Waals surface area contributed by atoms with Crippen molar-refractivity contribution in [1.82, 2.24) is 9.13 Å². The normalized spacial score (nSPS) is 11.8. The largest absolute Gasteiger partial charge is 0.455 e. The molecule has 0 amide bonds. The predicted molar refractivity (Wildman–Crippen MR) is 375 cm³/mol. The summed E-state index contributed by atoms with van der Waals surface area (Å²) in [6.07, 6.45) is 0. The van der Waals surface area contributed by atoms with Crippen molar-refractivity contribution in [1.29, 1.82) is 0 Å². The number of aromatic nitrogens is 2. The van der Waals surface area contributed by atoms with Gasteiger partial charge in [-0.25, -0.2) is 0 Å². The van der Waals surface area contributed by atoms with Crippen LogP contribution in [0, 0.1) is 0 Å². The van der Waals surface area contributed by atoms with E-state index in [4.69, 9.17) is 8.83 Å². The molecule has 0 spiro atoms. The Morgan fingerprint density at radius 2 is 0.622 bits per heavy atom. The van der Waals surface area contributed by atoms with Crippen LogP contribution in [0.25, 0.3) is 132 Å². The van der Waals surface area contributed by atoms with Crippen LogP contribution in [0.4, 0.5) is 34.1 Å². The molecule has 4 aromatic heterocycles. The van der Waals surface area contributed by atoms with Gasteiger partial charge in [0.2, 0.25) is 0 Å². The Bertz CT molecular complexity index is 5650. The summed E-state index contributed by atoms with van der Waals surface area (Å²) in [5, 5.41) is 8.76. The number of rotatable bonds is 11. The molecule has 6 nitrogen and oxygen atoms in total. The minimum Gasteiger partial charge on any atom is -0.455 e. The van der Waals surface area contributed by atoms with E-state index in [0.717, 1.165) is 155 Å². The average Bonchev–Trinajstić information content (AvgIpc) is 1.58. The number of fused-ring (bicyclic) bond motifs is 14.